The summed E-state index contributed by atoms with van der Waals surface area (Å²) in [5, 5.41) is 0. The molecule has 0 saturated heterocycles. The first-order valence-corrected chi connectivity index (χ1v) is 8.09. The van der Waals surface area contributed by atoms with Crippen LogP contribution in [0.15, 0.2) is 15.9 Å². The monoisotopic (exact) mass is 305 g/mol. The molecule has 0 radical (unpaired) electrons. The van der Waals surface area contributed by atoms with Crippen LogP contribution in [0.25, 0.3) is 11.2 Å². The van der Waals surface area contributed by atoms with E-state index in [4.69, 9.17) is 5.73 Å². The molecule has 1 saturated carbocycles. The summed E-state index contributed by atoms with van der Waals surface area (Å²) in [7, 11) is 0. The van der Waals surface area contributed by atoms with E-state index < -0.39 is 0 Å². The van der Waals surface area contributed by atoms with Crippen LogP contribution >= 0.6 is 0 Å². The smallest absolute Gasteiger partial charge is 0.329 e. The molecular formula is C15H23N5O2. The van der Waals surface area contributed by atoms with Gasteiger partial charge in [0.2, 0.25) is 0 Å². The number of nitrogens with zero attached hydrogens (tertiary/aromatic N) is 4. The minimum atomic E-state index is -0.281. The highest BCUT2D eigenvalue weighted by Gasteiger charge is 2.24. The Balaban J connectivity index is 2.31. The molecule has 2 aromatic heterocycles. The molecule has 0 spiro atoms. The molecule has 1 fully saturated rings. The van der Waals surface area contributed by atoms with Gasteiger partial charge in [-0.05, 0) is 19.8 Å². The molecule has 2 aromatic rings. The van der Waals surface area contributed by atoms with Crippen molar-refractivity contribution in [3.05, 3.63) is 27.2 Å². The van der Waals surface area contributed by atoms with Crippen molar-refractivity contribution in [3.8, 4) is 0 Å². The Kier molecular flexibility index (Phi) is 4.15. The van der Waals surface area contributed by atoms with Gasteiger partial charge in [-0.1, -0.05) is 19.3 Å². The number of aromatic nitrogens is 4. The zero-order valence-corrected chi connectivity index (χ0v) is 13.0. The fourth-order valence-electron chi connectivity index (χ4n) is 3.44. The zero-order valence-electron chi connectivity index (χ0n) is 13.0. The van der Waals surface area contributed by atoms with Crippen molar-refractivity contribution < 1.29 is 0 Å². The minimum Gasteiger partial charge on any atom is -0.329 e. The highest BCUT2D eigenvalue weighted by Crippen LogP contribution is 2.28. The molecule has 2 N–H and O–H groups in total. The van der Waals surface area contributed by atoms with E-state index in [2.05, 4.69) is 4.98 Å². The third kappa shape index (κ3) is 2.29. The van der Waals surface area contributed by atoms with E-state index in [1.165, 1.54) is 11.0 Å². The van der Waals surface area contributed by atoms with E-state index in [-0.39, 0.29) is 30.4 Å². The summed E-state index contributed by atoms with van der Waals surface area (Å²) in [5.74, 6) is 0. The summed E-state index contributed by atoms with van der Waals surface area (Å²) < 4.78 is 4.81. The fraction of sp³-hybridized carbons (Fsp3) is 0.667. The molecule has 1 aliphatic rings. The lowest BCUT2D eigenvalue weighted by Crippen LogP contribution is -2.43. The highest BCUT2D eigenvalue weighted by molar-refractivity contribution is 5.70. The van der Waals surface area contributed by atoms with Gasteiger partial charge in [-0.15, -0.1) is 0 Å². The van der Waals surface area contributed by atoms with Crippen LogP contribution in [0, 0.1) is 0 Å². The maximum absolute atomic E-state index is 12.8. The van der Waals surface area contributed by atoms with Crippen LogP contribution < -0.4 is 17.0 Å². The molecule has 0 aliphatic heterocycles. The van der Waals surface area contributed by atoms with Gasteiger partial charge in [0.15, 0.2) is 11.2 Å². The van der Waals surface area contributed by atoms with Gasteiger partial charge in [0.05, 0.1) is 6.33 Å². The summed E-state index contributed by atoms with van der Waals surface area (Å²) in [5.41, 5.74) is 6.08. The molecule has 0 amide bonds. The molecule has 0 unspecified atom stereocenters. The molecule has 3 rings (SSSR count). The average Bonchev–Trinajstić information content (AvgIpc) is 2.96. The maximum atomic E-state index is 12.8. The maximum Gasteiger partial charge on any atom is 0.333 e. The van der Waals surface area contributed by atoms with Crippen molar-refractivity contribution in [2.75, 3.05) is 6.54 Å². The van der Waals surface area contributed by atoms with Crippen LogP contribution in [-0.2, 0) is 13.1 Å². The van der Waals surface area contributed by atoms with E-state index in [0.29, 0.717) is 17.7 Å². The molecule has 0 aromatic carbocycles. The van der Waals surface area contributed by atoms with E-state index in [1.54, 1.807) is 10.9 Å². The number of hydrogen-bond acceptors (Lipinski definition) is 4. The van der Waals surface area contributed by atoms with E-state index in [9.17, 15) is 9.59 Å². The van der Waals surface area contributed by atoms with Crippen LogP contribution in [0.2, 0.25) is 0 Å². The largest absolute Gasteiger partial charge is 0.333 e. The van der Waals surface area contributed by atoms with Gasteiger partial charge in [-0.3, -0.25) is 13.9 Å². The summed E-state index contributed by atoms with van der Waals surface area (Å²) in [6, 6.07) is 0.133. The third-order valence-electron chi connectivity index (χ3n) is 4.56. The molecule has 7 nitrogen and oxygen atoms in total. The van der Waals surface area contributed by atoms with Gasteiger partial charge in [0.25, 0.3) is 5.56 Å². The molecule has 2 heterocycles. The first-order chi connectivity index (χ1) is 10.7. The normalized spacial score (nSPS) is 16.5. The van der Waals surface area contributed by atoms with Crippen LogP contribution in [-0.4, -0.2) is 25.2 Å². The molecule has 0 atom stereocenters. The third-order valence-corrected chi connectivity index (χ3v) is 4.56. The van der Waals surface area contributed by atoms with Crippen molar-refractivity contribution in [3.63, 3.8) is 0 Å². The number of rotatable bonds is 4. The lowest BCUT2D eigenvalue weighted by molar-refractivity contribution is 0.342. The minimum absolute atomic E-state index is 0.133. The van der Waals surface area contributed by atoms with Gasteiger partial charge in [0, 0.05) is 25.7 Å². The SMILES string of the molecule is CCn1cnc2c1c(=O)n(CCN)c(=O)n2C1CCCCC1. The first kappa shape index (κ1) is 15.0. The van der Waals surface area contributed by atoms with E-state index in [1.807, 2.05) is 11.5 Å². The van der Waals surface area contributed by atoms with Crippen molar-refractivity contribution in [2.45, 2.75) is 58.2 Å². The Morgan fingerprint density at radius 2 is 2.00 bits per heavy atom. The Labute approximate surface area is 128 Å². The van der Waals surface area contributed by atoms with Crippen LogP contribution in [0.4, 0.5) is 0 Å². The van der Waals surface area contributed by atoms with Gasteiger partial charge in [0.1, 0.15) is 0 Å². The summed E-state index contributed by atoms with van der Waals surface area (Å²) in [6.07, 6.45) is 7.02. The molecule has 1 aliphatic carbocycles. The average molecular weight is 305 g/mol. The van der Waals surface area contributed by atoms with Crippen LogP contribution in [0.5, 0.6) is 0 Å². The molecule has 22 heavy (non-hydrogen) atoms. The van der Waals surface area contributed by atoms with Crippen molar-refractivity contribution >= 4 is 11.2 Å². The van der Waals surface area contributed by atoms with Crippen molar-refractivity contribution in [2.24, 2.45) is 5.73 Å². The van der Waals surface area contributed by atoms with E-state index in [0.717, 1.165) is 25.7 Å². The highest BCUT2D eigenvalue weighted by atomic mass is 16.2. The quantitative estimate of drug-likeness (QED) is 0.907. The Bertz CT molecular complexity index is 780. The van der Waals surface area contributed by atoms with Gasteiger partial charge < -0.3 is 10.3 Å². The first-order valence-electron chi connectivity index (χ1n) is 8.09. The summed E-state index contributed by atoms with van der Waals surface area (Å²) >= 11 is 0. The molecular weight excluding hydrogens is 282 g/mol. The predicted molar refractivity (Wildman–Crippen MR) is 85.1 cm³/mol. The predicted octanol–water partition coefficient (Wildman–Crippen LogP) is 0.843. The summed E-state index contributed by atoms with van der Waals surface area (Å²) in [6.45, 7) is 3.13. The lowest BCUT2D eigenvalue weighted by Gasteiger charge is -2.24. The Morgan fingerprint density at radius 1 is 1.27 bits per heavy atom. The number of hydrogen-bond donors (Lipinski definition) is 1. The van der Waals surface area contributed by atoms with Gasteiger partial charge in [-0.2, -0.15) is 0 Å². The second-order valence-electron chi connectivity index (χ2n) is 5.89. The molecule has 120 valence electrons. The summed E-state index contributed by atoms with van der Waals surface area (Å²) in [4.78, 5) is 29.8. The van der Waals surface area contributed by atoms with Crippen molar-refractivity contribution in [1.29, 1.82) is 0 Å². The van der Waals surface area contributed by atoms with E-state index >= 15 is 0 Å². The second-order valence-corrected chi connectivity index (χ2v) is 5.89. The number of fused-ring (bicyclic) bond motifs is 1. The van der Waals surface area contributed by atoms with Gasteiger partial charge in [-0.25, -0.2) is 9.78 Å². The molecule has 7 heteroatoms. The zero-order chi connectivity index (χ0) is 15.7. The lowest BCUT2D eigenvalue weighted by atomic mass is 9.95. The fourth-order valence-corrected chi connectivity index (χ4v) is 3.44. The molecule has 0 bridgehead atoms. The Morgan fingerprint density at radius 3 is 2.64 bits per heavy atom. The number of aryl methyl sites for hydroxylation is 1. The second kappa shape index (κ2) is 6.08. The van der Waals surface area contributed by atoms with Gasteiger partial charge >= 0.3 is 5.69 Å². The van der Waals surface area contributed by atoms with Crippen molar-refractivity contribution in [1.82, 2.24) is 18.7 Å². The number of nitrogens with two attached hydrogens (primary N) is 1. The van der Waals surface area contributed by atoms with Crippen LogP contribution in [0.3, 0.4) is 0 Å². The topological polar surface area (TPSA) is 87.8 Å². The Hall–Kier alpha value is -1.89. The van der Waals surface area contributed by atoms with Crippen LogP contribution in [0.1, 0.15) is 45.1 Å². The standard InChI is InChI=1S/C15H23N5O2/c1-2-18-10-17-13-12(18)14(21)19(9-8-16)15(22)20(13)11-6-4-3-5-7-11/h10-11H,2-9,16H2,1H3. The number of imidazole rings is 1.